The van der Waals surface area contributed by atoms with E-state index in [1.165, 1.54) is 32.1 Å². The highest BCUT2D eigenvalue weighted by atomic mass is 14.9. The van der Waals surface area contributed by atoms with E-state index in [9.17, 15) is 0 Å². The summed E-state index contributed by atoms with van der Waals surface area (Å²) in [5.74, 6) is 0.924. The average Bonchev–Trinajstić information content (AvgIpc) is 2.17. The van der Waals surface area contributed by atoms with Gasteiger partial charge in [-0.15, -0.1) is 0 Å². The van der Waals surface area contributed by atoms with Crippen LogP contribution in [0.3, 0.4) is 0 Å². The maximum atomic E-state index is 4.47. The number of rotatable bonds is 2. The van der Waals surface area contributed by atoms with E-state index in [1.807, 2.05) is 0 Å². The molecule has 1 unspecified atom stereocenters. The molecular formula is C9H18N. The summed E-state index contributed by atoms with van der Waals surface area (Å²) in [5, 5.41) is 4.47. The van der Waals surface area contributed by atoms with E-state index >= 15 is 0 Å². The van der Waals surface area contributed by atoms with Crippen molar-refractivity contribution in [2.45, 2.75) is 39.0 Å². The molecule has 1 atom stereocenters. The smallest absolute Gasteiger partial charge is 0.0161 e. The second-order valence-electron chi connectivity index (χ2n) is 3.28. The Morgan fingerprint density at radius 1 is 1.40 bits per heavy atom. The molecular weight excluding hydrogens is 122 g/mol. The predicted molar refractivity (Wildman–Crippen MR) is 44.1 cm³/mol. The molecule has 59 valence electrons. The van der Waals surface area contributed by atoms with Crippen LogP contribution in [0.4, 0.5) is 0 Å². The van der Waals surface area contributed by atoms with Crippen molar-refractivity contribution in [2.75, 3.05) is 13.1 Å². The maximum absolute atomic E-state index is 4.47. The summed E-state index contributed by atoms with van der Waals surface area (Å²) in [6.45, 7) is 4.54. The zero-order valence-corrected chi connectivity index (χ0v) is 6.97. The van der Waals surface area contributed by atoms with E-state index in [4.69, 9.17) is 0 Å². The largest absolute Gasteiger partial charge is 0.242 e. The van der Waals surface area contributed by atoms with Gasteiger partial charge in [0.15, 0.2) is 0 Å². The summed E-state index contributed by atoms with van der Waals surface area (Å²) in [4.78, 5) is 0. The molecule has 1 fully saturated rings. The SMILES string of the molecule is CCCC1CCCC[N]C1. The fraction of sp³-hybridized carbons (Fsp3) is 1.00. The lowest BCUT2D eigenvalue weighted by atomic mass is 9.99. The van der Waals surface area contributed by atoms with Crippen molar-refractivity contribution in [1.29, 1.82) is 0 Å². The van der Waals surface area contributed by atoms with E-state index in [0.29, 0.717) is 0 Å². The molecule has 1 rings (SSSR count). The minimum absolute atomic E-state index is 0.924. The molecule has 0 aromatic heterocycles. The molecule has 0 bridgehead atoms. The Bertz CT molecular complexity index is 72.8. The van der Waals surface area contributed by atoms with Crippen LogP contribution in [0.2, 0.25) is 0 Å². The summed E-state index contributed by atoms with van der Waals surface area (Å²) in [6, 6.07) is 0. The third kappa shape index (κ3) is 2.70. The highest BCUT2D eigenvalue weighted by Crippen LogP contribution is 2.16. The first-order chi connectivity index (χ1) is 4.93. The van der Waals surface area contributed by atoms with Crippen LogP contribution in [-0.4, -0.2) is 13.1 Å². The van der Waals surface area contributed by atoms with Crippen molar-refractivity contribution in [3.05, 3.63) is 0 Å². The van der Waals surface area contributed by atoms with Gasteiger partial charge in [0.2, 0.25) is 0 Å². The summed E-state index contributed by atoms with van der Waals surface area (Å²) < 4.78 is 0. The van der Waals surface area contributed by atoms with Gasteiger partial charge in [-0.3, -0.25) is 0 Å². The minimum atomic E-state index is 0.924. The standard InChI is InChI=1S/C9H18N/c1-2-5-9-6-3-4-7-10-8-9/h9H,2-8H2,1H3. The molecule has 0 amide bonds. The first-order valence-electron chi connectivity index (χ1n) is 4.56. The van der Waals surface area contributed by atoms with E-state index in [0.717, 1.165) is 19.0 Å². The molecule has 1 aliphatic rings. The lowest BCUT2D eigenvalue weighted by molar-refractivity contribution is 0.439. The molecule has 1 nitrogen and oxygen atoms in total. The van der Waals surface area contributed by atoms with Gasteiger partial charge in [0.05, 0.1) is 0 Å². The Balaban J connectivity index is 2.15. The van der Waals surface area contributed by atoms with Crippen LogP contribution in [0.1, 0.15) is 39.0 Å². The van der Waals surface area contributed by atoms with Crippen molar-refractivity contribution in [1.82, 2.24) is 5.32 Å². The zero-order chi connectivity index (χ0) is 7.23. The summed E-state index contributed by atoms with van der Waals surface area (Å²) >= 11 is 0. The predicted octanol–water partition coefficient (Wildman–Crippen LogP) is 2.19. The Morgan fingerprint density at radius 2 is 2.30 bits per heavy atom. The molecule has 1 heterocycles. The van der Waals surface area contributed by atoms with Crippen molar-refractivity contribution in [3.8, 4) is 0 Å². The van der Waals surface area contributed by atoms with Crippen molar-refractivity contribution >= 4 is 0 Å². The molecule has 0 aromatic rings. The van der Waals surface area contributed by atoms with Crippen molar-refractivity contribution < 1.29 is 0 Å². The molecule has 0 spiro atoms. The Morgan fingerprint density at radius 3 is 3.10 bits per heavy atom. The van der Waals surface area contributed by atoms with Gasteiger partial charge in [-0.1, -0.05) is 19.8 Å². The van der Waals surface area contributed by atoms with Gasteiger partial charge in [0.1, 0.15) is 0 Å². The van der Waals surface area contributed by atoms with Crippen LogP contribution in [0, 0.1) is 5.92 Å². The van der Waals surface area contributed by atoms with Crippen LogP contribution < -0.4 is 5.32 Å². The van der Waals surface area contributed by atoms with E-state index in [-0.39, 0.29) is 0 Å². The molecule has 1 radical (unpaired) electrons. The van der Waals surface area contributed by atoms with Crippen molar-refractivity contribution in [2.24, 2.45) is 5.92 Å². The number of nitrogens with zero attached hydrogens (tertiary/aromatic N) is 1. The fourth-order valence-corrected chi connectivity index (χ4v) is 1.67. The summed E-state index contributed by atoms with van der Waals surface area (Å²) in [6.07, 6.45) is 6.90. The van der Waals surface area contributed by atoms with Gasteiger partial charge in [-0.25, -0.2) is 5.32 Å². The highest BCUT2D eigenvalue weighted by Gasteiger charge is 2.10. The third-order valence-corrected chi connectivity index (χ3v) is 2.26. The molecule has 1 heteroatoms. The lowest BCUT2D eigenvalue weighted by Gasteiger charge is -2.10. The molecule has 0 aromatic carbocycles. The Hall–Kier alpha value is -0.0400. The second kappa shape index (κ2) is 4.73. The van der Waals surface area contributed by atoms with Crippen molar-refractivity contribution in [3.63, 3.8) is 0 Å². The number of hydrogen-bond acceptors (Lipinski definition) is 0. The molecule has 0 aliphatic carbocycles. The lowest BCUT2D eigenvalue weighted by Crippen LogP contribution is -2.13. The molecule has 0 saturated carbocycles. The molecule has 1 saturated heterocycles. The van der Waals surface area contributed by atoms with Crippen LogP contribution in [-0.2, 0) is 0 Å². The van der Waals surface area contributed by atoms with Gasteiger partial charge in [0, 0.05) is 13.1 Å². The van der Waals surface area contributed by atoms with Crippen LogP contribution in [0.15, 0.2) is 0 Å². The van der Waals surface area contributed by atoms with E-state index in [2.05, 4.69) is 12.2 Å². The fourth-order valence-electron chi connectivity index (χ4n) is 1.67. The topological polar surface area (TPSA) is 14.1 Å². The van der Waals surface area contributed by atoms with Gasteiger partial charge >= 0.3 is 0 Å². The van der Waals surface area contributed by atoms with Crippen LogP contribution in [0.5, 0.6) is 0 Å². The van der Waals surface area contributed by atoms with Gasteiger partial charge in [-0.05, 0) is 25.2 Å². The first kappa shape index (κ1) is 8.06. The Labute approximate surface area is 64.2 Å². The second-order valence-corrected chi connectivity index (χ2v) is 3.28. The summed E-state index contributed by atoms with van der Waals surface area (Å²) in [7, 11) is 0. The third-order valence-electron chi connectivity index (χ3n) is 2.26. The highest BCUT2D eigenvalue weighted by molar-refractivity contribution is 4.66. The van der Waals surface area contributed by atoms with Crippen LogP contribution >= 0.6 is 0 Å². The summed E-state index contributed by atoms with van der Waals surface area (Å²) in [5.41, 5.74) is 0. The average molecular weight is 140 g/mol. The zero-order valence-electron chi connectivity index (χ0n) is 6.97. The quantitative estimate of drug-likeness (QED) is 0.558. The van der Waals surface area contributed by atoms with Gasteiger partial charge in [-0.2, -0.15) is 0 Å². The molecule has 1 aliphatic heterocycles. The monoisotopic (exact) mass is 140 g/mol. The first-order valence-corrected chi connectivity index (χ1v) is 4.56. The van der Waals surface area contributed by atoms with Crippen LogP contribution in [0.25, 0.3) is 0 Å². The van der Waals surface area contributed by atoms with E-state index in [1.54, 1.807) is 0 Å². The number of hydrogen-bond donors (Lipinski definition) is 0. The Kier molecular flexibility index (Phi) is 3.81. The van der Waals surface area contributed by atoms with Gasteiger partial charge < -0.3 is 0 Å². The minimum Gasteiger partial charge on any atom is -0.242 e. The molecule has 0 N–H and O–H groups in total. The van der Waals surface area contributed by atoms with Gasteiger partial charge in [0.25, 0.3) is 0 Å². The maximum Gasteiger partial charge on any atom is 0.0161 e. The normalized spacial score (nSPS) is 27.9. The van der Waals surface area contributed by atoms with E-state index < -0.39 is 0 Å². The molecule has 10 heavy (non-hydrogen) atoms.